The third kappa shape index (κ3) is 3.52. The molecule has 0 spiro atoms. The lowest BCUT2D eigenvalue weighted by molar-refractivity contribution is 0.0620. The van der Waals surface area contributed by atoms with E-state index < -0.39 is 5.63 Å². The van der Waals surface area contributed by atoms with Crippen LogP contribution in [0.3, 0.4) is 0 Å². The molecule has 0 unspecified atom stereocenters. The minimum absolute atomic E-state index is 0.0505. The van der Waals surface area contributed by atoms with Crippen LogP contribution in [-0.2, 0) is 13.6 Å². The van der Waals surface area contributed by atoms with Crippen LogP contribution in [0.2, 0.25) is 0 Å². The van der Waals surface area contributed by atoms with E-state index >= 15 is 0 Å². The summed E-state index contributed by atoms with van der Waals surface area (Å²) < 4.78 is 12.8. The smallest absolute Gasteiger partial charge is 0.349 e. The first-order chi connectivity index (χ1) is 15.5. The van der Waals surface area contributed by atoms with Crippen LogP contribution < -0.4 is 10.4 Å². The van der Waals surface area contributed by atoms with E-state index in [2.05, 4.69) is 15.5 Å². The molecule has 1 saturated heterocycles. The van der Waals surface area contributed by atoms with E-state index in [1.165, 1.54) is 7.11 Å². The number of ether oxygens (including phenoxy) is 1. The molecule has 8 nitrogen and oxygen atoms in total. The molecule has 0 saturated carbocycles. The van der Waals surface area contributed by atoms with Crippen LogP contribution in [0.5, 0.6) is 5.75 Å². The third-order valence-corrected chi connectivity index (χ3v) is 6.08. The fraction of sp³-hybridized carbons (Fsp3) is 0.292. The van der Waals surface area contributed by atoms with Crippen molar-refractivity contribution in [1.82, 2.24) is 19.4 Å². The Balaban J connectivity index is 1.30. The van der Waals surface area contributed by atoms with Gasteiger partial charge in [-0.3, -0.25) is 9.69 Å². The largest absolute Gasteiger partial charge is 0.493 e. The molecule has 8 heteroatoms. The Labute approximate surface area is 184 Å². The molecule has 0 radical (unpaired) electrons. The van der Waals surface area contributed by atoms with Crippen LogP contribution in [0.25, 0.3) is 22.0 Å². The SMILES string of the molecule is COc1cccc2cc(C(=O)N3CCN(Cc4nc5ccccc5n4C)CC3)c(=O)oc12. The van der Waals surface area contributed by atoms with Gasteiger partial charge in [0.25, 0.3) is 5.91 Å². The van der Waals surface area contributed by atoms with E-state index in [1.54, 1.807) is 29.2 Å². The predicted octanol–water partition coefficient (Wildman–Crippen LogP) is 2.65. The molecule has 2 aromatic carbocycles. The van der Waals surface area contributed by atoms with Crippen molar-refractivity contribution in [3.63, 3.8) is 0 Å². The second-order valence-corrected chi connectivity index (χ2v) is 7.97. The van der Waals surface area contributed by atoms with Gasteiger partial charge in [0, 0.05) is 38.6 Å². The van der Waals surface area contributed by atoms with Gasteiger partial charge < -0.3 is 18.6 Å². The summed E-state index contributed by atoms with van der Waals surface area (Å²) in [4.78, 5) is 34.3. The highest BCUT2D eigenvalue weighted by Crippen LogP contribution is 2.25. The highest BCUT2D eigenvalue weighted by molar-refractivity contribution is 5.97. The summed E-state index contributed by atoms with van der Waals surface area (Å²) >= 11 is 0. The molecule has 1 amide bonds. The number of fused-ring (bicyclic) bond motifs is 2. The van der Waals surface area contributed by atoms with Gasteiger partial charge in [0.1, 0.15) is 11.4 Å². The fourth-order valence-corrected chi connectivity index (χ4v) is 4.24. The Morgan fingerprint density at radius 2 is 1.88 bits per heavy atom. The summed E-state index contributed by atoms with van der Waals surface area (Å²) in [5.41, 5.74) is 1.85. The highest BCUT2D eigenvalue weighted by Gasteiger charge is 2.26. The maximum absolute atomic E-state index is 13.1. The molecule has 1 fully saturated rings. The van der Waals surface area contributed by atoms with Crippen LogP contribution in [0, 0.1) is 0 Å². The van der Waals surface area contributed by atoms with Crippen LogP contribution in [0.4, 0.5) is 0 Å². The van der Waals surface area contributed by atoms with E-state index in [-0.39, 0.29) is 11.5 Å². The van der Waals surface area contributed by atoms with Crippen molar-refractivity contribution >= 4 is 27.9 Å². The summed E-state index contributed by atoms with van der Waals surface area (Å²) in [5, 5.41) is 0.660. The Hall–Kier alpha value is -3.65. The van der Waals surface area contributed by atoms with Crippen LogP contribution >= 0.6 is 0 Å². The average Bonchev–Trinajstić information content (AvgIpc) is 3.13. The van der Waals surface area contributed by atoms with Crippen LogP contribution in [-0.4, -0.2) is 58.5 Å². The van der Waals surface area contributed by atoms with Gasteiger partial charge in [-0.25, -0.2) is 9.78 Å². The molecule has 0 bridgehead atoms. The van der Waals surface area contributed by atoms with E-state index in [0.29, 0.717) is 49.4 Å². The quantitative estimate of drug-likeness (QED) is 0.461. The molecule has 32 heavy (non-hydrogen) atoms. The van der Waals surface area contributed by atoms with Crippen LogP contribution in [0.15, 0.2) is 57.7 Å². The van der Waals surface area contributed by atoms with Crippen molar-refractivity contribution in [1.29, 1.82) is 0 Å². The summed E-state index contributed by atoms with van der Waals surface area (Å²) in [6.07, 6.45) is 0. The minimum atomic E-state index is -0.644. The zero-order valence-corrected chi connectivity index (χ0v) is 18.1. The van der Waals surface area contributed by atoms with Gasteiger partial charge in [-0.05, 0) is 24.3 Å². The minimum Gasteiger partial charge on any atom is -0.493 e. The van der Waals surface area contributed by atoms with Gasteiger partial charge in [0.15, 0.2) is 11.3 Å². The summed E-state index contributed by atoms with van der Waals surface area (Å²) in [6, 6.07) is 15.0. The van der Waals surface area contributed by atoms with Crippen molar-refractivity contribution in [2.45, 2.75) is 6.54 Å². The predicted molar refractivity (Wildman–Crippen MR) is 121 cm³/mol. The molecule has 4 aromatic rings. The Morgan fingerprint density at radius 1 is 1.09 bits per heavy atom. The zero-order chi connectivity index (χ0) is 22.2. The number of aromatic nitrogens is 2. The number of para-hydroxylation sites is 3. The normalized spacial score (nSPS) is 14.9. The number of imidazole rings is 1. The number of hydrogen-bond acceptors (Lipinski definition) is 6. The van der Waals surface area contributed by atoms with Crippen molar-refractivity contribution in [3.8, 4) is 5.75 Å². The molecular formula is C24H24N4O4. The van der Waals surface area contributed by atoms with Crippen molar-refractivity contribution in [3.05, 3.63) is 70.3 Å². The van der Waals surface area contributed by atoms with Gasteiger partial charge in [0.05, 0.1) is 24.7 Å². The lowest BCUT2D eigenvalue weighted by Gasteiger charge is -2.34. The number of hydrogen-bond donors (Lipinski definition) is 0. The van der Waals surface area contributed by atoms with Crippen molar-refractivity contribution in [2.75, 3.05) is 33.3 Å². The lowest BCUT2D eigenvalue weighted by Crippen LogP contribution is -2.49. The zero-order valence-electron chi connectivity index (χ0n) is 18.1. The Kier molecular flexibility index (Phi) is 5.14. The number of amides is 1. The first-order valence-electron chi connectivity index (χ1n) is 10.6. The topological polar surface area (TPSA) is 80.8 Å². The lowest BCUT2D eigenvalue weighted by atomic mass is 10.1. The van der Waals surface area contributed by atoms with E-state index in [9.17, 15) is 9.59 Å². The maximum atomic E-state index is 13.1. The number of rotatable bonds is 4. The summed E-state index contributed by atoms with van der Waals surface area (Å²) in [5.74, 6) is 1.16. The molecule has 164 valence electrons. The van der Waals surface area contributed by atoms with Gasteiger partial charge in [-0.15, -0.1) is 0 Å². The monoisotopic (exact) mass is 432 g/mol. The molecule has 0 aliphatic carbocycles. The maximum Gasteiger partial charge on any atom is 0.349 e. The van der Waals surface area contributed by atoms with Crippen LogP contribution in [0.1, 0.15) is 16.2 Å². The number of piperazine rings is 1. The average molecular weight is 432 g/mol. The second kappa shape index (κ2) is 8.12. The molecule has 0 N–H and O–H groups in total. The molecule has 2 aromatic heterocycles. The number of aryl methyl sites for hydroxylation is 1. The first kappa shape index (κ1) is 20.3. The van der Waals surface area contributed by atoms with Gasteiger partial charge in [-0.2, -0.15) is 0 Å². The number of carbonyl (C=O) groups is 1. The summed E-state index contributed by atoms with van der Waals surface area (Å²) in [6.45, 7) is 3.21. The van der Waals surface area contributed by atoms with Gasteiger partial charge in [0.2, 0.25) is 0 Å². The van der Waals surface area contributed by atoms with E-state index in [0.717, 1.165) is 16.9 Å². The first-order valence-corrected chi connectivity index (χ1v) is 10.6. The second-order valence-electron chi connectivity index (χ2n) is 7.97. The fourth-order valence-electron chi connectivity index (χ4n) is 4.24. The number of nitrogens with zero attached hydrogens (tertiary/aromatic N) is 4. The molecule has 3 heterocycles. The number of methoxy groups -OCH3 is 1. The van der Waals surface area contributed by atoms with Gasteiger partial charge >= 0.3 is 5.63 Å². The van der Waals surface area contributed by atoms with Crippen molar-refractivity contribution in [2.24, 2.45) is 7.05 Å². The van der Waals surface area contributed by atoms with E-state index in [4.69, 9.17) is 14.1 Å². The standard InChI is InChI=1S/C24H24N4O4/c1-26-19-8-4-3-7-18(19)25-21(26)15-27-10-12-28(13-11-27)23(29)17-14-16-6-5-9-20(31-2)22(16)32-24(17)30/h3-9,14H,10-13,15H2,1-2H3. The Bertz CT molecular complexity index is 1370. The highest BCUT2D eigenvalue weighted by atomic mass is 16.5. The van der Waals surface area contributed by atoms with Gasteiger partial charge in [-0.1, -0.05) is 24.3 Å². The molecule has 0 atom stereocenters. The molecule has 5 rings (SSSR count). The molecular weight excluding hydrogens is 408 g/mol. The van der Waals surface area contributed by atoms with Crippen molar-refractivity contribution < 1.29 is 13.9 Å². The number of carbonyl (C=O) groups excluding carboxylic acids is 1. The van der Waals surface area contributed by atoms with E-state index in [1.807, 2.05) is 25.2 Å². The summed E-state index contributed by atoms with van der Waals surface area (Å²) in [7, 11) is 3.54. The molecule has 1 aliphatic rings. The Morgan fingerprint density at radius 3 is 2.62 bits per heavy atom. The molecule has 1 aliphatic heterocycles. The number of benzene rings is 2. The third-order valence-electron chi connectivity index (χ3n) is 6.08.